The van der Waals surface area contributed by atoms with Crippen LogP contribution >= 0.6 is 11.8 Å². The molecule has 144 valence electrons. The van der Waals surface area contributed by atoms with Crippen molar-refractivity contribution in [1.29, 1.82) is 0 Å². The fraction of sp³-hybridized carbons (Fsp3) is 0.318. The molecule has 1 amide bonds. The van der Waals surface area contributed by atoms with Crippen LogP contribution in [0.15, 0.2) is 59.8 Å². The molecule has 6 heteroatoms. The molecular weight excluding hydrogens is 368 g/mol. The average Bonchev–Trinajstić information content (AvgIpc) is 3.48. The second kappa shape index (κ2) is 8.19. The van der Waals surface area contributed by atoms with Gasteiger partial charge in [-0.3, -0.25) is 4.79 Å². The second-order valence-corrected chi connectivity index (χ2v) is 8.61. The van der Waals surface area contributed by atoms with E-state index >= 15 is 0 Å². The maximum atomic E-state index is 12.6. The largest absolute Gasteiger partial charge is 0.325 e. The number of benzene rings is 2. The molecule has 0 bridgehead atoms. The Bertz CT molecular complexity index is 948. The van der Waals surface area contributed by atoms with Crippen molar-refractivity contribution in [2.45, 2.75) is 49.6 Å². The number of nitrogens with zero attached hydrogens (tertiary/aromatic N) is 3. The van der Waals surface area contributed by atoms with E-state index in [0.717, 1.165) is 23.2 Å². The van der Waals surface area contributed by atoms with Crippen LogP contribution in [0, 0.1) is 6.92 Å². The van der Waals surface area contributed by atoms with E-state index in [1.165, 1.54) is 35.7 Å². The van der Waals surface area contributed by atoms with E-state index in [9.17, 15) is 4.79 Å². The first-order valence-electron chi connectivity index (χ1n) is 9.61. The summed E-state index contributed by atoms with van der Waals surface area (Å²) in [6, 6.07) is 18.2. The summed E-state index contributed by atoms with van der Waals surface area (Å²) >= 11 is 1.46. The summed E-state index contributed by atoms with van der Waals surface area (Å²) in [5.74, 6) is 1.51. The van der Waals surface area contributed by atoms with Gasteiger partial charge in [-0.05, 0) is 44.4 Å². The van der Waals surface area contributed by atoms with Gasteiger partial charge in [-0.1, -0.05) is 59.8 Å². The highest BCUT2D eigenvalue weighted by Crippen LogP contribution is 2.40. The van der Waals surface area contributed by atoms with Crippen molar-refractivity contribution in [2.24, 2.45) is 0 Å². The number of rotatable bonds is 7. The molecule has 1 saturated carbocycles. The minimum atomic E-state index is -0.271. The third-order valence-corrected chi connectivity index (χ3v) is 5.92. The Balaban J connectivity index is 1.49. The lowest BCUT2D eigenvalue weighted by molar-refractivity contribution is -0.115. The number of carbonyl (C=O) groups is 1. The molecule has 0 saturated heterocycles. The van der Waals surface area contributed by atoms with Crippen molar-refractivity contribution in [3.8, 4) is 0 Å². The standard InChI is InChI=1S/C22H24N4OS/c1-15-8-12-19(13-9-15)23-21(27)16(2)28-22-25-24-20(18-10-11-18)26(22)14-17-6-4-3-5-7-17/h3-9,12-13,16,18H,10-11,14H2,1-2H3,(H,23,27)/t16-/m1/s1. The van der Waals surface area contributed by atoms with Gasteiger partial charge in [-0.15, -0.1) is 10.2 Å². The fourth-order valence-corrected chi connectivity index (χ4v) is 3.89. The smallest absolute Gasteiger partial charge is 0.237 e. The molecule has 0 aliphatic heterocycles. The van der Waals surface area contributed by atoms with Crippen molar-refractivity contribution >= 4 is 23.4 Å². The number of thioether (sulfide) groups is 1. The van der Waals surface area contributed by atoms with Crippen LogP contribution in [0.2, 0.25) is 0 Å². The van der Waals surface area contributed by atoms with Crippen LogP contribution in [-0.2, 0) is 11.3 Å². The van der Waals surface area contributed by atoms with Gasteiger partial charge in [0, 0.05) is 11.6 Å². The first-order valence-corrected chi connectivity index (χ1v) is 10.5. The number of aryl methyl sites for hydroxylation is 1. The summed E-state index contributed by atoms with van der Waals surface area (Å²) in [6.07, 6.45) is 2.34. The molecule has 5 nitrogen and oxygen atoms in total. The van der Waals surface area contributed by atoms with Crippen LogP contribution in [0.1, 0.15) is 42.6 Å². The molecule has 3 aromatic rings. The van der Waals surface area contributed by atoms with Crippen LogP contribution in [0.25, 0.3) is 0 Å². The van der Waals surface area contributed by atoms with E-state index < -0.39 is 0 Å². The number of amides is 1. The highest BCUT2D eigenvalue weighted by molar-refractivity contribution is 8.00. The molecule has 0 radical (unpaired) electrons. The summed E-state index contributed by atoms with van der Waals surface area (Å²) < 4.78 is 2.17. The van der Waals surface area contributed by atoms with Crippen molar-refractivity contribution < 1.29 is 4.79 Å². The van der Waals surface area contributed by atoms with E-state index in [4.69, 9.17) is 0 Å². The quantitative estimate of drug-likeness (QED) is 0.596. The van der Waals surface area contributed by atoms with E-state index in [2.05, 4.69) is 32.2 Å². The Labute approximate surface area is 169 Å². The SMILES string of the molecule is Cc1ccc(NC(=O)[C@@H](C)Sc2nnc(C3CC3)n2Cc2ccccc2)cc1. The molecule has 1 aliphatic rings. The molecule has 1 aromatic heterocycles. The van der Waals surface area contributed by atoms with E-state index in [-0.39, 0.29) is 11.2 Å². The predicted octanol–water partition coefficient (Wildman–Crippen LogP) is 4.63. The van der Waals surface area contributed by atoms with Gasteiger partial charge < -0.3 is 9.88 Å². The summed E-state index contributed by atoms with van der Waals surface area (Å²) in [5.41, 5.74) is 3.19. The topological polar surface area (TPSA) is 59.8 Å². The van der Waals surface area contributed by atoms with Crippen LogP contribution in [0.4, 0.5) is 5.69 Å². The third-order valence-electron chi connectivity index (χ3n) is 4.84. The second-order valence-electron chi connectivity index (χ2n) is 7.30. The van der Waals surface area contributed by atoms with Crippen molar-refractivity contribution in [1.82, 2.24) is 14.8 Å². The lowest BCUT2D eigenvalue weighted by Gasteiger charge is -2.14. The van der Waals surface area contributed by atoms with Crippen LogP contribution in [0.5, 0.6) is 0 Å². The Hall–Kier alpha value is -2.60. The van der Waals surface area contributed by atoms with Gasteiger partial charge >= 0.3 is 0 Å². The molecule has 1 N–H and O–H groups in total. The maximum absolute atomic E-state index is 12.6. The minimum Gasteiger partial charge on any atom is -0.325 e. The van der Waals surface area contributed by atoms with Crippen molar-refractivity contribution in [2.75, 3.05) is 5.32 Å². The number of anilines is 1. The number of hydrogen-bond donors (Lipinski definition) is 1. The van der Waals surface area contributed by atoms with Gasteiger partial charge in [-0.2, -0.15) is 0 Å². The average molecular weight is 393 g/mol. The van der Waals surface area contributed by atoms with Gasteiger partial charge in [0.1, 0.15) is 5.82 Å². The molecule has 0 spiro atoms. The zero-order valence-corrected chi connectivity index (χ0v) is 16.9. The molecule has 0 unspecified atom stereocenters. The normalized spacial score (nSPS) is 14.6. The summed E-state index contributed by atoms with van der Waals surface area (Å²) in [5, 5.41) is 12.4. The molecule has 1 fully saturated rings. The maximum Gasteiger partial charge on any atom is 0.237 e. The highest BCUT2D eigenvalue weighted by atomic mass is 32.2. The molecule has 4 rings (SSSR count). The van der Waals surface area contributed by atoms with Crippen molar-refractivity contribution in [3.63, 3.8) is 0 Å². The van der Waals surface area contributed by atoms with Gasteiger partial charge in [0.2, 0.25) is 5.91 Å². The first kappa shape index (κ1) is 18.7. The Morgan fingerprint density at radius 3 is 2.54 bits per heavy atom. The molecular formula is C22H24N4OS. The van der Waals surface area contributed by atoms with E-state index in [1.807, 2.05) is 56.3 Å². The lowest BCUT2D eigenvalue weighted by Crippen LogP contribution is -2.23. The summed E-state index contributed by atoms with van der Waals surface area (Å²) in [4.78, 5) is 12.6. The third kappa shape index (κ3) is 4.44. The van der Waals surface area contributed by atoms with Crippen LogP contribution in [-0.4, -0.2) is 25.9 Å². The van der Waals surface area contributed by atoms with Crippen molar-refractivity contribution in [3.05, 3.63) is 71.5 Å². The van der Waals surface area contributed by atoms with E-state index in [0.29, 0.717) is 5.92 Å². The zero-order valence-electron chi connectivity index (χ0n) is 16.1. The van der Waals surface area contributed by atoms with Crippen LogP contribution in [0.3, 0.4) is 0 Å². The van der Waals surface area contributed by atoms with E-state index in [1.54, 1.807) is 0 Å². The zero-order chi connectivity index (χ0) is 19.5. The van der Waals surface area contributed by atoms with Gasteiger partial charge in [0.25, 0.3) is 0 Å². The molecule has 1 aliphatic carbocycles. The van der Waals surface area contributed by atoms with Gasteiger partial charge in [-0.25, -0.2) is 0 Å². The lowest BCUT2D eigenvalue weighted by atomic mass is 10.2. The highest BCUT2D eigenvalue weighted by Gasteiger charge is 2.31. The number of aromatic nitrogens is 3. The summed E-state index contributed by atoms with van der Waals surface area (Å²) in [6.45, 7) is 4.67. The Morgan fingerprint density at radius 1 is 1.14 bits per heavy atom. The fourth-order valence-electron chi connectivity index (χ4n) is 3.04. The molecule has 1 heterocycles. The molecule has 28 heavy (non-hydrogen) atoms. The Morgan fingerprint density at radius 2 is 1.86 bits per heavy atom. The molecule has 1 atom stereocenters. The number of carbonyl (C=O) groups excluding carboxylic acids is 1. The van der Waals surface area contributed by atoms with Crippen LogP contribution < -0.4 is 5.32 Å². The minimum absolute atomic E-state index is 0.0314. The predicted molar refractivity (Wildman–Crippen MR) is 113 cm³/mol. The van der Waals surface area contributed by atoms with Gasteiger partial charge in [0.05, 0.1) is 11.8 Å². The number of nitrogens with one attached hydrogen (secondary N) is 1. The monoisotopic (exact) mass is 392 g/mol. The molecule has 2 aromatic carbocycles. The van der Waals surface area contributed by atoms with Gasteiger partial charge in [0.15, 0.2) is 5.16 Å². The first-order chi connectivity index (χ1) is 13.6. The summed E-state index contributed by atoms with van der Waals surface area (Å²) in [7, 11) is 0. The number of hydrogen-bond acceptors (Lipinski definition) is 4. The Kier molecular flexibility index (Phi) is 5.48.